The minimum atomic E-state index is 0.346. The molecule has 0 aliphatic carbocycles. The molecule has 0 unspecified atom stereocenters. The van der Waals surface area contributed by atoms with Crippen molar-refractivity contribution in [3.05, 3.63) is 65.5 Å². The van der Waals surface area contributed by atoms with E-state index in [1.54, 1.807) is 0 Å². The molecule has 0 spiro atoms. The van der Waals surface area contributed by atoms with Crippen molar-refractivity contribution in [1.29, 1.82) is 0 Å². The van der Waals surface area contributed by atoms with Crippen LogP contribution in [0.1, 0.15) is 29.7 Å². The largest absolute Gasteiger partial charge is 0.306 e. The van der Waals surface area contributed by atoms with Crippen LogP contribution in [0.15, 0.2) is 48.8 Å². The summed E-state index contributed by atoms with van der Waals surface area (Å²) in [7, 11) is 0. The second-order valence-electron chi connectivity index (χ2n) is 4.37. The number of benzene rings is 1. The summed E-state index contributed by atoms with van der Waals surface area (Å²) in [4.78, 5) is 4.03. The van der Waals surface area contributed by atoms with E-state index >= 15 is 0 Å². The van der Waals surface area contributed by atoms with Crippen LogP contribution in [0, 0.1) is 6.92 Å². The molecule has 2 aromatic rings. The van der Waals surface area contributed by atoms with Crippen molar-refractivity contribution < 1.29 is 0 Å². The summed E-state index contributed by atoms with van der Waals surface area (Å²) in [5.74, 6) is 0. The highest BCUT2D eigenvalue weighted by molar-refractivity contribution is 5.22. The number of hydrogen-bond donors (Lipinski definition) is 1. The molecule has 0 fully saturated rings. The van der Waals surface area contributed by atoms with Gasteiger partial charge in [0.1, 0.15) is 0 Å². The molecule has 2 heteroatoms. The van der Waals surface area contributed by atoms with Crippen LogP contribution in [0.3, 0.4) is 0 Å². The first kappa shape index (κ1) is 11.8. The van der Waals surface area contributed by atoms with Crippen LogP contribution in [-0.2, 0) is 6.54 Å². The fraction of sp³-hybridized carbons (Fsp3) is 0.267. The molecular formula is C15H18N2. The van der Waals surface area contributed by atoms with E-state index in [1.807, 2.05) is 24.5 Å². The molecule has 17 heavy (non-hydrogen) atoms. The van der Waals surface area contributed by atoms with Gasteiger partial charge in [-0.05, 0) is 37.1 Å². The lowest BCUT2D eigenvalue weighted by Crippen LogP contribution is -2.18. The van der Waals surface area contributed by atoms with Crippen molar-refractivity contribution in [3.8, 4) is 0 Å². The van der Waals surface area contributed by atoms with Gasteiger partial charge < -0.3 is 5.32 Å². The zero-order valence-corrected chi connectivity index (χ0v) is 10.4. The van der Waals surface area contributed by atoms with Gasteiger partial charge in [0.2, 0.25) is 0 Å². The smallest absolute Gasteiger partial charge is 0.0296 e. The van der Waals surface area contributed by atoms with E-state index in [0.29, 0.717) is 6.04 Å². The van der Waals surface area contributed by atoms with Crippen molar-refractivity contribution in [2.45, 2.75) is 26.4 Å². The number of aromatic nitrogens is 1. The summed E-state index contributed by atoms with van der Waals surface area (Å²) >= 11 is 0. The molecule has 1 heterocycles. The number of nitrogens with zero attached hydrogens (tertiary/aromatic N) is 1. The van der Waals surface area contributed by atoms with Gasteiger partial charge in [0.25, 0.3) is 0 Å². The Kier molecular flexibility index (Phi) is 3.89. The third kappa shape index (κ3) is 3.40. The quantitative estimate of drug-likeness (QED) is 0.865. The number of aryl methyl sites for hydroxylation is 1. The van der Waals surface area contributed by atoms with E-state index in [4.69, 9.17) is 0 Å². The molecule has 1 aromatic carbocycles. The summed E-state index contributed by atoms with van der Waals surface area (Å²) in [5.41, 5.74) is 3.90. The maximum atomic E-state index is 4.03. The van der Waals surface area contributed by atoms with Gasteiger partial charge in [-0.3, -0.25) is 4.98 Å². The van der Waals surface area contributed by atoms with Crippen molar-refractivity contribution >= 4 is 0 Å². The summed E-state index contributed by atoms with van der Waals surface area (Å²) in [5, 5.41) is 3.51. The summed E-state index contributed by atoms with van der Waals surface area (Å²) in [6, 6.07) is 13.0. The molecule has 1 atom stereocenters. The highest BCUT2D eigenvalue weighted by atomic mass is 14.9. The SMILES string of the molecule is Cc1cccc(CN[C@@H](C)c2ccncc2)c1. The molecule has 0 bridgehead atoms. The lowest BCUT2D eigenvalue weighted by atomic mass is 10.1. The molecule has 0 amide bonds. The number of nitrogens with one attached hydrogen (secondary N) is 1. The van der Waals surface area contributed by atoms with E-state index < -0.39 is 0 Å². The normalized spacial score (nSPS) is 12.4. The van der Waals surface area contributed by atoms with Crippen molar-refractivity contribution in [1.82, 2.24) is 10.3 Å². The average Bonchev–Trinajstić information content (AvgIpc) is 2.37. The van der Waals surface area contributed by atoms with Crippen LogP contribution in [0.25, 0.3) is 0 Å². The second kappa shape index (κ2) is 5.60. The number of rotatable bonds is 4. The monoisotopic (exact) mass is 226 g/mol. The Balaban J connectivity index is 1.95. The predicted molar refractivity (Wildman–Crippen MR) is 70.7 cm³/mol. The van der Waals surface area contributed by atoms with E-state index in [1.165, 1.54) is 16.7 Å². The molecule has 88 valence electrons. The topological polar surface area (TPSA) is 24.9 Å². The third-order valence-corrected chi connectivity index (χ3v) is 2.90. The molecule has 2 nitrogen and oxygen atoms in total. The third-order valence-electron chi connectivity index (χ3n) is 2.90. The molecule has 2 rings (SSSR count). The Morgan fingerprint density at radius 2 is 1.94 bits per heavy atom. The van der Waals surface area contributed by atoms with Gasteiger partial charge in [-0.1, -0.05) is 29.8 Å². The highest BCUT2D eigenvalue weighted by Gasteiger charge is 2.03. The Labute approximate surface area is 103 Å². The predicted octanol–water partition coefficient (Wildman–Crippen LogP) is 3.24. The van der Waals surface area contributed by atoms with Gasteiger partial charge in [-0.2, -0.15) is 0 Å². The maximum Gasteiger partial charge on any atom is 0.0296 e. The summed E-state index contributed by atoms with van der Waals surface area (Å²) < 4.78 is 0. The minimum absolute atomic E-state index is 0.346. The minimum Gasteiger partial charge on any atom is -0.306 e. The van der Waals surface area contributed by atoms with Crippen LogP contribution < -0.4 is 5.32 Å². The standard InChI is InChI=1S/C15H18N2/c1-12-4-3-5-14(10-12)11-17-13(2)15-6-8-16-9-7-15/h3-10,13,17H,11H2,1-2H3/t13-/m0/s1. The van der Waals surface area contributed by atoms with Gasteiger partial charge in [0.15, 0.2) is 0 Å². The average molecular weight is 226 g/mol. The summed E-state index contributed by atoms with van der Waals surface area (Å²) in [6.45, 7) is 5.19. The number of hydrogen-bond acceptors (Lipinski definition) is 2. The fourth-order valence-corrected chi connectivity index (χ4v) is 1.86. The van der Waals surface area contributed by atoms with Crippen molar-refractivity contribution in [2.24, 2.45) is 0 Å². The molecule has 0 saturated carbocycles. The fourth-order valence-electron chi connectivity index (χ4n) is 1.86. The molecule has 0 radical (unpaired) electrons. The van der Waals surface area contributed by atoms with Crippen molar-refractivity contribution in [2.75, 3.05) is 0 Å². The van der Waals surface area contributed by atoms with E-state index in [9.17, 15) is 0 Å². The van der Waals surface area contributed by atoms with Gasteiger partial charge in [-0.15, -0.1) is 0 Å². The van der Waals surface area contributed by atoms with Gasteiger partial charge in [0.05, 0.1) is 0 Å². The Morgan fingerprint density at radius 1 is 1.18 bits per heavy atom. The van der Waals surface area contributed by atoms with Crippen molar-refractivity contribution in [3.63, 3.8) is 0 Å². The van der Waals surface area contributed by atoms with E-state index in [0.717, 1.165) is 6.54 Å². The van der Waals surface area contributed by atoms with E-state index in [2.05, 4.69) is 48.4 Å². The number of pyridine rings is 1. The molecular weight excluding hydrogens is 208 g/mol. The van der Waals surface area contributed by atoms with Gasteiger partial charge >= 0.3 is 0 Å². The molecule has 0 aliphatic rings. The summed E-state index contributed by atoms with van der Waals surface area (Å²) in [6.07, 6.45) is 3.67. The second-order valence-corrected chi connectivity index (χ2v) is 4.37. The zero-order chi connectivity index (χ0) is 12.1. The first-order valence-electron chi connectivity index (χ1n) is 5.94. The first-order valence-corrected chi connectivity index (χ1v) is 5.94. The zero-order valence-electron chi connectivity index (χ0n) is 10.4. The molecule has 0 aliphatic heterocycles. The lowest BCUT2D eigenvalue weighted by Gasteiger charge is -2.14. The van der Waals surface area contributed by atoms with Gasteiger partial charge in [0, 0.05) is 25.0 Å². The van der Waals surface area contributed by atoms with E-state index in [-0.39, 0.29) is 0 Å². The molecule has 1 N–H and O–H groups in total. The Hall–Kier alpha value is -1.67. The van der Waals surface area contributed by atoms with Gasteiger partial charge in [-0.25, -0.2) is 0 Å². The Bertz CT molecular complexity index is 465. The lowest BCUT2D eigenvalue weighted by molar-refractivity contribution is 0.574. The Morgan fingerprint density at radius 3 is 2.65 bits per heavy atom. The van der Waals surface area contributed by atoms with Crippen LogP contribution in [0.2, 0.25) is 0 Å². The van der Waals surface area contributed by atoms with Crippen LogP contribution in [0.5, 0.6) is 0 Å². The van der Waals surface area contributed by atoms with Crippen LogP contribution >= 0.6 is 0 Å². The van der Waals surface area contributed by atoms with Crippen LogP contribution in [-0.4, -0.2) is 4.98 Å². The highest BCUT2D eigenvalue weighted by Crippen LogP contribution is 2.11. The van der Waals surface area contributed by atoms with Crippen LogP contribution in [0.4, 0.5) is 0 Å². The molecule has 1 aromatic heterocycles. The maximum absolute atomic E-state index is 4.03. The molecule has 0 saturated heterocycles. The first-order chi connectivity index (χ1) is 8.25.